The van der Waals surface area contributed by atoms with Gasteiger partial charge in [0, 0.05) is 47.4 Å². The molecule has 1 saturated heterocycles. The van der Waals surface area contributed by atoms with E-state index in [-0.39, 0.29) is 23.6 Å². The first-order chi connectivity index (χ1) is 18.8. The van der Waals surface area contributed by atoms with Gasteiger partial charge >= 0.3 is 0 Å². The number of rotatable bonds is 5. The van der Waals surface area contributed by atoms with Crippen LogP contribution in [0.2, 0.25) is 0 Å². The second-order valence-electron chi connectivity index (χ2n) is 10.0. The third kappa shape index (κ3) is 4.56. The van der Waals surface area contributed by atoms with Crippen molar-refractivity contribution in [3.63, 3.8) is 0 Å². The van der Waals surface area contributed by atoms with Crippen LogP contribution in [0, 0.1) is 37.1 Å². The maximum absolute atomic E-state index is 14.5. The Hall–Kier alpha value is -4.12. The van der Waals surface area contributed by atoms with E-state index in [0.717, 1.165) is 52.1 Å². The van der Waals surface area contributed by atoms with E-state index in [1.165, 1.54) is 6.92 Å². The molecule has 5 aromatic rings. The molecular weight excluding hydrogens is 510 g/mol. The molecular formula is C28H25F4N7. The van der Waals surface area contributed by atoms with Gasteiger partial charge in [-0.1, -0.05) is 5.21 Å². The van der Waals surface area contributed by atoms with Gasteiger partial charge in [0.1, 0.15) is 5.69 Å². The zero-order chi connectivity index (χ0) is 27.3. The highest BCUT2D eigenvalue weighted by molar-refractivity contribution is 5.94. The molecule has 200 valence electrons. The lowest BCUT2D eigenvalue weighted by Crippen LogP contribution is -2.34. The lowest BCUT2D eigenvalue weighted by Gasteiger charge is -2.32. The van der Waals surface area contributed by atoms with Crippen molar-refractivity contribution in [2.75, 3.05) is 13.1 Å². The smallest absolute Gasteiger partial charge is 0.197 e. The predicted octanol–water partition coefficient (Wildman–Crippen LogP) is 5.76. The summed E-state index contributed by atoms with van der Waals surface area (Å²) in [6, 6.07) is 9.76. The number of H-pyrrole nitrogens is 1. The Morgan fingerprint density at radius 1 is 1.00 bits per heavy atom. The molecule has 0 saturated carbocycles. The van der Waals surface area contributed by atoms with Crippen molar-refractivity contribution in [2.24, 2.45) is 0 Å². The van der Waals surface area contributed by atoms with Crippen LogP contribution in [-0.4, -0.2) is 48.2 Å². The van der Waals surface area contributed by atoms with Gasteiger partial charge in [-0.25, -0.2) is 22.2 Å². The van der Waals surface area contributed by atoms with E-state index in [2.05, 4.69) is 25.5 Å². The van der Waals surface area contributed by atoms with Crippen LogP contribution in [0.4, 0.5) is 17.6 Å². The molecule has 7 nitrogen and oxygen atoms in total. The topological polar surface area (TPSA) is 75.5 Å². The molecule has 1 atom stereocenters. The average Bonchev–Trinajstić information content (AvgIpc) is 3.61. The van der Waals surface area contributed by atoms with Crippen molar-refractivity contribution in [3.05, 3.63) is 88.5 Å². The molecule has 39 heavy (non-hydrogen) atoms. The van der Waals surface area contributed by atoms with Gasteiger partial charge in [0.05, 0.1) is 23.1 Å². The number of benzene rings is 2. The van der Waals surface area contributed by atoms with Crippen LogP contribution in [0.5, 0.6) is 0 Å². The zero-order valence-electron chi connectivity index (χ0n) is 21.3. The monoisotopic (exact) mass is 535 g/mol. The minimum atomic E-state index is -1.78. The van der Waals surface area contributed by atoms with Gasteiger partial charge in [-0.05, 0) is 69.1 Å². The third-order valence-corrected chi connectivity index (χ3v) is 7.42. The Labute approximate surface area is 221 Å². The van der Waals surface area contributed by atoms with Crippen LogP contribution in [0.15, 0.2) is 42.7 Å². The second-order valence-corrected chi connectivity index (χ2v) is 10.0. The van der Waals surface area contributed by atoms with Gasteiger partial charge in [0.25, 0.3) is 0 Å². The Bertz CT molecular complexity index is 1660. The molecule has 6 rings (SSSR count). The molecule has 4 heterocycles. The van der Waals surface area contributed by atoms with Gasteiger partial charge < -0.3 is 0 Å². The Kier molecular flexibility index (Phi) is 6.38. The largest absolute Gasteiger partial charge is 0.298 e. The van der Waals surface area contributed by atoms with E-state index >= 15 is 0 Å². The van der Waals surface area contributed by atoms with Crippen LogP contribution >= 0.6 is 0 Å². The van der Waals surface area contributed by atoms with Gasteiger partial charge in [-0.3, -0.25) is 15.0 Å². The highest BCUT2D eigenvalue weighted by atomic mass is 19.2. The number of nitrogens with zero attached hydrogens (tertiary/aromatic N) is 6. The Morgan fingerprint density at radius 3 is 2.64 bits per heavy atom. The molecule has 0 bridgehead atoms. The van der Waals surface area contributed by atoms with Gasteiger partial charge in [0.2, 0.25) is 0 Å². The Balaban J connectivity index is 1.24. The summed E-state index contributed by atoms with van der Waals surface area (Å²) in [4.78, 5) is 6.17. The predicted molar refractivity (Wildman–Crippen MR) is 137 cm³/mol. The second kappa shape index (κ2) is 9.88. The SMILES string of the molecule is Cc1cc(-c2n[nH]c3ccc(-n4cc([C@@H]5CCCN(Cc6c(C)c(F)c(F)c(F)c6F)C5)nn4)cc23)ccn1. The first kappa shape index (κ1) is 25.2. The van der Waals surface area contributed by atoms with E-state index in [4.69, 9.17) is 0 Å². The van der Waals surface area contributed by atoms with E-state index < -0.39 is 23.3 Å². The van der Waals surface area contributed by atoms with E-state index in [0.29, 0.717) is 13.1 Å². The minimum Gasteiger partial charge on any atom is -0.298 e. The standard InChI is InChI=1S/C28H25F4N7/c1-15-10-17(7-8-33-15)28-20-11-19(5-6-22(20)34-36-28)39-14-23(35-37-39)18-4-3-9-38(12-18)13-21-16(2)24(29)26(31)27(32)25(21)30/h5-8,10-11,14,18H,3-4,9,12-13H2,1-2H3,(H,34,36)/t18-/m1/s1. The van der Waals surface area contributed by atoms with E-state index in [1.807, 2.05) is 48.4 Å². The molecule has 0 radical (unpaired) electrons. The fourth-order valence-corrected chi connectivity index (χ4v) is 5.29. The summed E-state index contributed by atoms with van der Waals surface area (Å²) in [6.45, 7) is 4.30. The first-order valence-corrected chi connectivity index (χ1v) is 12.7. The molecule has 11 heteroatoms. The van der Waals surface area contributed by atoms with Crippen molar-refractivity contribution < 1.29 is 17.6 Å². The number of aromatic nitrogens is 6. The average molecular weight is 536 g/mol. The summed E-state index contributed by atoms with van der Waals surface area (Å²) in [5.41, 5.74) is 4.78. The molecule has 0 aliphatic carbocycles. The number of hydrogen-bond donors (Lipinski definition) is 1. The Morgan fingerprint density at radius 2 is 1.82 bits per heavy atom. The number of nitrogens with one attached hydrogen (secondary N) is 1. The number of hydrogen-bond acceptors (Lipinski definition) is 5. The van der Waals surface area contributed by atoms with E-state index in [9.17, 15) is 17.6 Å². The molecule has 3 aromatic heterocycles. The highest BCUT2D eigenvalue weighted by Gasteiger charge is 2.28. The lowest BCUT2D eigenvalue weighted by atomic mass is 9.94. The number of likely N-dealkylation sites (tertiary alicyclic amines) is 1. The van der Waals surface area contributed by atoms with Gasteiger partial charge in [0.15, 0.2) is 23.3 Å². The number of aromatic amines is 1. The van der Waals surface area contributed by atoms with Crippen molar-refractivity contribution in [3.8, 4) is 16.9 Å². The molecule has 0 spiro atoms. The summed E-state index contributed by atoms with van der Waals surface area (Å²) in [7, 11) is 0. The summed E-state index contributed by atoms with van der Waals surface area (Å²) in [5.74, 6) is -6.24. The number of piperidine rings is 1. The quantitative estimate of drug-likeness (QED) is 0.176. The van der Waals surface area contributed by atoms with Crippen molar-refractivity contribution >= 4 is 10.9 Å². The van der Waals surface area contributed by atoms with Crippen LogP contribution < -0.4 is 0 Å². The molecule has 0 unspecified atom stereocenters. The number of pyridine rings is 1. The molecule has 1 aliphatic rings. The molecule has 1 aliphatic heterocycles. The number of fused-ring (bicyclic) bond motifs is 1. The van der Waals surface area contributed by atoms with Crippen LogP contribution in [0.25, 0.3) is 27.8 Å². The summed E-state index contributed by atoms with van der Waals surface area (Å²) in [5, 5.41) is 17.3. The number of halogens is 4. The highest BCUT2D eigenvalue weighted by Crippen LogP contribution is 2.31. The molecule has 0 amide bonds. The third-order valence-electron chi connectivity index (χ3n) is 7.42. The number of aryl methyl sites for hydroxylation is 1. The zero-order valence-corrected chi connectivity index (χ0v) is 21.3. The van der Waals surface area contributed by atoms with Crippen molar-refractivity contribution in [2.45, 2.75) is 39.2 Å². The fourth-order valence-electron chi connectivity index (χ4n) is 5.29. The molecule has 1 N–H and O–H groups in total. The van der Waals surface area contributed by atoms with Crippen molar-refractivity contribution in [1.82, 2.24) is 35.1 Å². The first-order valence-electron chi connectivity index (χ1n) is 12.7. The van der Waals surface area contributed by atoms with Crippen LogP contribution in [-0.2, 0) is 6.54 Å². The summed E-state index contributed by atoms with van der Waals surface area (Å²) >= 11 is 0. The van der Waals surface area contributed by atoms with Gasteiger partial charge in [-0.2, -0.15) is 5.10 Å². The fraction of sp³-hybridized carbons (Fsp3) is 0.286. The van der Waals surface area contributed by atoms with E-state index in [1.54, 1.807) is 10.9 Å². The maximum atomic E-state index is 14.5. The normalized spacial score (nSPS) is 16.3. The minimum absolute atomic E-state index is 0.000907. The summed E-state index contributed by atoms with van der Waals surface area (Å²) < 4.78 is 57.7. The molecule has 1 fully saturated rings. The lowest BCUT2D eigenvalue weighted by molar-refractivity contribution is 0.194. The van der Waals surface area contributed by atoms with Crippen LogP contribution in [0.1, 0.15) is 41.3 Å². The van der Waals surface area contributed by atoms with Gasteiger partial charge in [-0.15, -0.1) is 5.10 Å². The van der Waals surface area contributed by atoms with Crippen molar-refractivity contribution in [1.29, 1.82) is 0 Å². The molecule has 2 aromatic carbocycles. The summed E-state index contributed by atoms with van der Waals surface area (Å²) in [6.07, 6.45) is 5.26. The maximum Gasteiger partial charge on any atom is 0.197 e. The van der Waals surface area contributed by atoms with Crippen LogP contribution in [0.3, 0.4) is 0 Å².